The fraction of sp³-hybridized carbons (Fsp3) is 0.333. The molecule has 0 aromatic carbocycles. The van der Waals surface area contributed by atoms with E-state index in [2.05, 4.69) is 10.3 Å². The van der Waals surface area contributed by atoms with Crippen LogP contribution in [-0.2, 0) is 14.4 Å². The summed E-state index contributed by atoms with van der Waals surface area (Å²) in [5.74, 6) is -2.02. The van der Waals surface area contributed by atoms with Crippen LogP contribution in [0.3, 0.4) is 0 Å². The number of β-lactam (4-membered cyclic amide) rings is 1. The van der Waals surface area contributed by atoms with Crippen molar-refractivity contribution >= 4 is 46.5 Å². The summed E-state index contributed by atoms with van der Waals surface area (Å²) in [5.41, 5.74) is 5.99. The number of fused-ring (bicyclic) bond motifs is 1. The summed E-state index contributed by atoms with van der Waals surface area (Å²) >= 11 is 2.16. The number of nitrogens with one attached hydrogen (secondary N) is 1. The van der Waals surface area contributed by atoms with Crippen molar-refractivity contribution in [1.29, 1.82) is 0 Å². The lowest BCUT2D eigenvalue weighted by Gasteiger charge is -2.50. The molecule has 0 saturated carbocycles. The van der Waals surface area contributed by atoms with E-state index in [-0.39, 0.29) is 11.5 Å². The topological polar surface area (TPSA) is 126 Å². The number of carboxylic acids is 1. The van der Waals surface area contributed by atoms with Crippen LogP contribution in [0.25, 0.3) is 5.57 Å². The van der Waals surface area contributed by atoms with Crippen LogP contribution >= 0.6 is 23.1 Å². The molecule has 116 valence electrons. The first kappa shape index (κ1) is 15.0. The van der Waals surface area contributed by atoms with Crippen LogP contribution in [0.2, 0.25) is 0 Å². The van der Waals surface area contributed by atoms with Crippen molar-refractivity contribution in [2.45, 2.75) is 23.2 Å². The Bertz CT molecular complexity index is 689. The molecule has 10 heteroatoms. The molecule has 0 aliphatic carbocycles. The average molecular weight is 340 g/mol. The number of hydrogen-bond acceptors (Lipinski definition) is 7. The van der Waals surface area contributed by atoms with E-state index >= 15 is 0 Å². The van der Waals surface area contributed by atoms with Gasteiger partial charge in [-0.1, -0.05) is 11.8 Å². The molecule has 2 aliphatic rings. The highest BCUT2D eigenvalue weighted by Crippen LogP contribution is 2.49. The van der Waals surface area contributed by atoms with Crippen molar-refractivity contribution in [2.75, 3.05) is 0 Å². The van der Waals surface area contributed by atoms with Crippen LogP contribution in [0, 0.1) is 0 Å². The first-order valence-electron chi connectivity index (χ1n) is 6.26. The molecule has 2 amide bonds. The number of thioether (sulfide) groups is 1. The fourth-order valence-corrected chi connectivity index (χ4v) is 4.63. The zero-order valence-electron chi connectivity index (χ0n) is 11.3. The van der Waals surface area contributed by atoms with E-state index in [0.29, 0.717) is 5.01 Å². The van der Waals surface area contributed by atoms with Gasteiger partial charge in [-0.05, 0) is 0 Å². The molecule has 3 heterocycles. The van der Waals surface area contributed by atoms with Gasteiger partial charge in [-0.2, -0.15) is 0 Å². The van der Waals surface area contributed by atoms with E-state index < -0.39 is 28.2 Å². The Balaban J connectivity index is 2.14. The number of nitrogens with zero attached hydrogens (tertiary/aromatic N) is 2. The predicted octanol–water partition coefficient (Wildman–Crippen LogP) is -0.357. The van der Waals surface area contributed by atoms with E-state index in [1.807, 2.05) is 0 Å². The number of thiazole rings is 1. The highest BCUT2D eigenvalue weighted by Gasteiger charge is 2.58. The number of aromatic nitrogens is 1. The number of nitrogens with two attached hydrogens (primary N) is 1. The number of carbonyl (C=O) groups is 3. The standard InChI is InChI=1S/C12H12N4O4S2/c1-5(17)15-12(11(19)20)6(8-14-2-3-21-8)4-16-9(18)7(13)10(16)22-12/h2-4,7,10H,13H2,1H3,(H,15,17)(H,19,20)/t7?,10-,12?/m1/s1. The molecule has 1 aromatic rings. The van der Waals surface area contributed by atoms with Crippen LogP contribution in [0.1, 0.15) is 11.9 Å². The number of carbonyl (C=O) groups excluding carboxylic acids is 2. The molecule has 3 rings (SSSR count). The lowest BCUT2D eigenvalue weighted by Crippen LogP contribution is -2.70. The second kappa shape index (κ2) is 5.07. The molecule has 1 fully saturated rings. The molecule has 2 unspecified atom stereocenters. The third kappa shape index (κ3) is 2.02. The van der Waals surface area contributed by atoms with Crippen LogP contribution < -0.4 is 11.1 Å². The Morgan fingerprint density at radius 2 is 2.27 bits per heavy atom. The highest BCUT2D eigenvalue weighted by atomic mass is 32.2. The van der Waals surface area contributed by atoms with Crippen molar-refractivity contribution in [2.24, 2.45) is 5.73 Å². The lowest BCUT2D eigenvalue weighted by molar-refractivity contribution is -0.143. The van der Waals surface area contributed by atoms with Gasteiger partial charge in [0.25, 0.3) is 0 Å². The Morgan fingerprint density at radius 1 is 1.55 bits per heavy atom. The zero-order chi connectivity index (χ0) is 16.1. The fourth-order valence-electron chi connectivity index (χ4n) is 2.38. The van der Waals surface area contributed by atoms with Gasteiger partial charge in [0, 0.05) is 24.7 Å². The normalized spacial score (nSPS) is 30.2. The quantitative estimate of drug-likeness (QED) is 0.642. The Morgan fingerprint density at radius 3 is 2.82 bits per heavy atom. The number of hydrogen-bond donors (Lipinski definition) is 3. The van der Waals surface area contributed by atoms with Crippen molar-refractivity contribution in [1.82, 2.24) is 15.2 Å². The summed E-state index contributed by atoms with van der Waals surface area (Å²) < 4.78 is 0. The molecule has 4 N–H and O–H groups in total. The lowest BCUT2D eigenvalue weighted by atomic mass is 10.0. The summed E-state index contributed by atoms with van der Waals surface area (Å²) in [6, 6.07) is -0.786. The third-order valence-electron chi connectivity index (χ3n) is 3.38. The Hall–Kier alpha value is -1.91. The molecular weight excluding hydrogens is 328 g/mol. The molecule has 22 heavy (non-hydrogen) atoms. The maximum atomic E-state index is 11.9. The Labute approximate surface area is 133 Å². The van der Waals surface area contributed by atoms with Gasteiger partial charge >= 0.3 is 5.97 Å². The molecule has 3 atom stereocenters. The van der Waals surface area contributed by atoms with Crippen LogP contribution in [0.5, 0.6) is 0 Å². The first-order valence-corrected chi connectivity index (χ1v) is 8.02. The van der Waals surface area contributed by atoms with E-state index in [9.17, 15) is 19.5 Å². The minimum Gasteiger partial charge on any atom is -0.479 e. The summed E-state index contributed by atoms with van der Waals surface area (Å²) in [7, 11) is 0. The van der Waals surface area contributed by atoms with E-state index in [1.54, 1.807) is 5.38 Å². The van der Waals surface area contributed by atoms with Gasteiger partial charge in [-0.15, -0.1) is 11.3 Å². The molecule has 8 nitrogen and oxygen atoms in total. The molecule has 0 spiro atoms. The minimum absolute atomic E-state index is 0.256. The highest BCUT2D eigenvalue weighted by molar-refractivity contribution is 8.02. The minimum atomic E-state index is -1.72. The summed E-state index contributed by atoms with van der Waals surface area (Å²) in [5, 5.41) is 13.8. The van der Waals surface area contributed by atoms with Crippen LogP contribution in [-0.4, -0.2) is 49.1 Å². The maximum absolute atomic E-state index is 11.9. The van der Waals surface area contributed by atoms with Gasteiger partial charge in [0.2, 0.25) is 16.7 Å². The van der Waals surface area contributed by atoms with Gasteiger partial charge in [0.15, 0.2) is 0 Å². The number of amides is 2. The monoisotopic (exact) mass is 340 g/mol. The Kier molecular flexibility index (Phi) is 3.46. The SMILES string of the molecule is CC(=O)NC1(C(=O)O)S[C@@H]2C(N)C(=O)N2C=C1c1nccs1. The van der Waals surface area contributed by atoms with Gasteiger partial charge in [-0.3, -0.25) is 9.59 Å². The third-order valence-corrected chi connectivity index (χ3v) is 5.80. The summed E-state index contributed by atoms with van der Waals surface area (Å²) in [6.45, 7) is 1.24. The van der Waals surface area contributed by atoms with Gasteiger partial charge < -0.3 is 21.1 Å². The number of aliphatic carboxylic acids is 1. The van der Waals surface area contributed by atoms with E-state index in [1.165, 1.54) is 35.6 Å². The summed E-state index contributed by atoms with van der Waals surface area (Å²) in [6.07, 6.45) is 2.96. The predicted molar refractivity (Wildman–Crippen MR) is 80.5 cm³/mol. The molecule has 0 bridgehead atoms. The number of carboxylic acid groups (broad SMARTS) is 1. The van der Waals surface area contributed by atoms with Crippen molar-refractivity contribution in [3.63, 3.8) is 0 Å². The maximum Gasteiger partial charge on any atom is 0.345 e. The van der Waals surface area contributed by atoms with Crippen molar-refractivity contribution < 1.29 is 19.5 Å². The van der Waals surface area contributed by atoms with Crippen LogP contribution in [0.4, 0.5) is 0 Å². The zero-order valence-corrected chi connectivity index (χ0v) is 13.0. The van der Waals surface area contributed by atoms with Gasteiger partial charge in [0.05, 0.1) is 5.57 Å². The van der Waals surface area contributed by atoms with Gasteiger partial charge in [0.1, 0.15) is 16.4 Å². The van der Waals surface area contributed by atoms with Crippen LogP contribution in [0.15, 0.2) is 17.8 Å². The molecule has 2 aliphatic heterocycles. The number of rotatable bonds is 3. The largest absolute Gasteiger partial charge is 0.479 e. The molecule has 1 saturated heterocycles. The summed E-state index contributed by atoms with van der Waals surface area (Å²) in [4.78, 5) is 39.1. The van der Waals surface area contributed by atoms with Crippen molar-refractivity contribution in [3.05, 3.63) is 22.8 Å². The molecular formula is C12H12N4O4S2. The second-order valence-corrected chi connectivity index (χ2v) is 7.05. The molecule has 0 radical (unpaired) electrons. The second-order valence-electron chi connectivity index (χ2n) is 4.83. The first-order chi connectivity index (χ1) is 10.4. The van der Waals surface area contributed by atoms with Gasteiger partial charge in [-0.25, -0.2) is 9.78 Å². The smallest absolute Gasteiger partial charge is 0.345 e. The average Bonchev–Trinajstić information content (AvgIpc) is 2.99. The molecule has 1 aromatic heterocycles. The van der Waals surface area contributed by atoms with E-state index in [4.69, 9.17) is 5.73 Å². The van der Waals surface area contributed by atoms with E-state index in [0.717, 1.165) is 11.8 Å². The van der Waals surface area contributed by atoms with Crippen molar-refractivity contribution in [3.8, 4) is 0 Å².